The van der Waals surface area contributed by atoms with E-state index < -0.39 is 11.7 Å². The Bertz CT molecular complexity index is 629. The van der Waals surface area contributed by atoms with E-state index in [1.54, 1.807) is 6.07 Å². The zero-order valence-corrected chi connectivity index (χ0v) is 14.4. The molecule has 1 saturated heterocycles. The summed E-state index contributed by atoms with van der Waals surface area (Å²) in [5.74, 6) is -1.18. The van der Waals surface area contributed by atoms with Crippen LogP contribution in [0, 0.1) is 5.82 Å². The summed E-state index contributed by atoms with van der Waals surface area (Å²) in [6.45, 7) is 0.741. The molecule has 1 spiro atoms. The van der Waals surface area contributed by atoms with Crippen LogP contribution in [0.5, 0.6) is 0 Å². The zero-order chi connectivity index (χ0) is 17.7. The molecule has 1 atom stereocenters. The number of carbonyl (C=O) groups is 2. The van der Waals surface area contributed by atoms with Gasteiger partial charge in [-0.25, -0.2) is 4.39 Å². The lowest BCUT2D eigenvalue weighted by Crippen LogP contribution is -2.39. The first-order valence-electron chi connectivity index (χ1n) is 9.04. The Hall–Kier alpha value is -1.95. The third-order valence-corrected chi connectivity index (χ3v) is 5.10. The standard InChI is InChI=1S/C19H25FN2O3/c20-16-7-3-2-6-15(16)18(24)21-11-8-17(23)22-14-12-19(25-13-14)9-4-1-5-10-19/h2-3,6-7,14H,1,4-5,8-13H2,(H,21,24)(H,22,23)/t14-/m0/s1. The predicted molar refractivity (Wildman–Crippen MR) is 91.7 cm³/mol. The van der Waals surface area contributed by atoms with Gasteiger partial charge in [0.25, 0.3) is 5.91 Å². The van der Waals surface area contributed by atoms with Crippen LogP contribution in [0.3, 0.4) is 0 Å². The van der Waals surface area contributed by atoms with Crippen LogP contribution in [0.15, 0.2) is 24.3 Å². The van der Waals surface area contributed by atoms with Crippen molar-refractivity contribution in [3.63, 3.8) is 0 Å². The first-order chi connectivity index (χ1) is 12.1. The fraction of sp³-hybridized carbons (Fsp3) is 0.579. The molecule has 0 bridgehead atoms. The molecule has 136 valence electrons. The lowest BCUT2D eigenvalue weighted by atomic mass is 9.82. The summed E-state index contributed by atoms with van der Waals surface area (Å²) >= 11 is 0. The Morgan fingerprint density at radius 3 is 2.72 bits per heavy atom. The molecule has 1 aliphatic heterocycles. The normalized spacial score (nSPS) is 21.9. The minimum Gasteiger partial charge on any atom is -0.373 e. The van der Waals surface area contributed by atoms with Crippen LogP contribution in [0.4, 0.5) is 4.39 Å². The molecule has 25 heavy (non-hydrogen) atoms. The highest BCUT2D eigenvalue weighted by molar-refractivity contribution is 5.94. The molecular formula is C19H25FN2O3. The Labute approximate surface area is 147 Å². The molecule has 1 aliphatic carbocycles. The van der Waals surface area contributed by atoms with Crippen molar-refractivity contribution in [1.29, 1.82) is 0 Å². The third-order valence-electron chi connectivity index (χ3n) is 5.10. The molecule has 1 heterocycles. The largest absolute Gasteiger partial charge is 0.373 e. The van der Waals surface area contributed by atoms with Crippen molar-refractivity contribution in [2.75, 3.05) is 13.2 Å². The molecule has 2 fully saturated rings. The molecule has 1 aromatic carbocycles. The summed E-state index contributed by atoms with van der Waals surface area (Å²) in [4.78, 5) is 24.0. The summed E-state index contributed by atoms with van der Waals surface area (Å²) in [6, 6.07) is 5.84. The number of nitrogens with one attached hydrogen (secondary N) is 2. The fourth-order valence-electron chi connectivity index (χ4n) is 3.81. The number of hydrogen-bond donors (Lipinski definition) is 2. The molecule has 6 heteroatoms. The number of rotatable bonds is 5. The molecule has 5 nitrogen and oxygen atoms in total. The Kier molecular flexibility index (Phi) is 5.68. The summed E-state index contributed by atoms with van der Waals surface area (Å²) in [5.41, 5.74) is -0.0405. The van der Waals surface area contributed by atoms with E-state index in [1.165, 1.54) is 37.5 Å². The van der Waals surface area contributed by atoms with Crippen molar-refractivity contribution in [2.24, 2.45) is 0 Å². The summed E-state index contributed by atoms with van der Waals surface area (Å²) in [7, 11) is 0. The topological polar surface area (TPSA) is 67.4 Å². The molecule has 1 saturated carbocycles. The minimum absolute atomic E-state index is 0.00802. The lowest BCUT2D eigenvalue weighted by Gasteiger charge is -2.32. The Morgan fingerprint density at radius 1 is 1.20 bits per heavy atom. The SMILES string of the molecule is O=C(CCNC(=O)c1ccccc1F)N[C@@H]1COC2(CCCCC2)C1. The van der Waals surface area contributed by atoms with Crippen LogP contribution in [0.2, 0.25) is 0 Å². The highest BCUT2D eigenvalue weighted by Gasteiger charge is 2.41. The van der Waals surface area contributed by atoms with Crippen molar-refractivity contribution >= 4 is 11.8 Å². The van der Waals surface area contributed by atoms with E-state index in [0.717, 1.165) is 19.3 Å². The van der Waals surface area contributed by atoms with Gasteiger partial charge in [0.15, 0.2) is 0 Å². The van der Waals surface area contributed by atoms with Crippen LogP contribution >= 0.6 is 0 Å². The minimum atomic E-state index is -0.565. The van der Waals surface area contributed by atoms with Gasteiger partial charge in [0.2, 0.25) is 5.91 Å². The molecule has 0 unspecified atom stereocenters. The van der Waals surface area contributed by atoms with E-state index in [-0.39, 0.29) is 36.1 Å². The maximum Gasteiger partial charge on any atom is 0.254 e. The van der Waals surface area contributed by atoms with Crippen molar-refractivity contribution < 1.29 is 18.7 Å². The van der Waals surface area contributed by atoms with Gasteiger partial charge in [-0.3, -0.25) is 9.59 Å². The number of amides is 2. The second kappa shape index (κ2) is 7.95. The van der Waals surface area contributed by atoms with Gasteiger partial charge in [0, 0.05) is 13.0 Å². The molecule has 2 aliphatic rings. The van der Waals surface area contributed by atoms with Crippen LogP contribution in [-0.2, 0) is 9.53 Å². The van der Waals surface area contributed by atoms with E-state index in [2.05, 4.69) is 10.6 Å². The summed E-state index contributed by atoms with van der Waals surface area (Å²) in [6.07, 6.45) is 6.87. The summed E-state index contributed by atoms with van der Waals surface area (Å²) in [5, 5.41) is 5.57. The molecule has 0 aromatic heterocycles. The second-order valence-corrected chi connectivity index (χ2v) is 7.01. The molecule has 0 radical (unpaired) electrons. The fourth-order valence-corrected chi connectivity index (χ4v) is 3.81. The summed E-state index contributed by atoms with van der Waals surface area (Å²) < 4.78 is 19.5. The molecule has 2 N–H and O–H groups in total. The van der Waals surface area contributed by atoms with Gasteiger partial charge in [-0.15, -0.1) is 0 Å². The monoisotopic (exact) mass is 348 g/mol. The maximum atomic E-state index is 13.5. The highest BCUT2D eigenvalue weighted by Crippen LogP contribution is 2.39. The van der Waals surface area contributed by atoms with E-state index in [0.29, 0.717) is 6.61 Å². The number of ether oxygens (including phenoxy) is 1. The highest BCUT2D eigenvalue weighted by atomic mass is 19.1. The Balaban J connectivity index is 1.39. The van der Waals surface area contributed by atoms with E-state index in [4.69, 9.17) is 4.74 Å². The first-order valence-corrected chi connectivity index (χ1v) is 9.04. The number of halogens is 1. The van der Waals surface area contributed by atoms with E-state index >= 15 is 0 Å². The van der Waals surface area contributed by atoms with Crippen molar-refractivity contribution in [3.05, 3.63) is 35.6 Å². The third kappa shape index (κ3) is 4.57. The Morgan fingerprint density at radius 2 is 1.96 bits per heavy atom. The van der Waals surface area contributed by atoms with Crippen LogP contribution in [-0.4, -0.2) is 36.6 Å². The van der Waals surface area contributed by atoms with Crippen molar-refractivity contribution in [2.45, 2.75) is 56.6 Å². The van der Waals surface area contributed by atoms with E-state index in [1.807, 2.05) is 0 Å². The number of carbonyl (C=O) groups excluding carboxylic acids is 2. The molecule has 1 aromatic rings. The van der Waals surface area contributed by atoms with Crippen LogP contribution in [0.1, 0.15) is 55.3 Å². The van der Waals surface area contributed by atoms with Gasteiger partial charge in [-0.05, 0) is 31.4 Å². The molecule has 2 amide bonds. The van der Waals surface area contributed by atoms with Crippen molar-refractivity contribution in [1.82, 2.24) is 10.6 Å². The van der Waals surface area contributed by atoms with Crippen LogP contribution < -0.4 is 10.6 Å². The quantitative estimate of drug-likeness (QED) is 0.859. The zero-order valence-electron chi connectivity index (χ0n) is 14.4. The first kappa shape index (κ1) is 17.9. The molecular weight excluding hydrogens is 323 g/mol. The van der Waals surface area contributed by atoms with Gasteiger partial charge < -0.3 is 15.4 Å². The number of benzene rings is 1. The van der Waals surface area contributed by atoms with Gasteiger partial charge in [-0.2, -0.15) is 0 Å². The molecule has 3 rings (SSSR count). The average molecular weight is 348 g/mol. The number of hydrogen-bond acceptors (Lipinski definition) is 3. The van der Waals surface area contributed by atoms with Gasteiger partial charge in [-0.1, -0.05) is 31.4 Å². The van der Waals surface area contributed by atoms with Gasteiger partial charge in [0.05, 0.1) is 23.8 Å². The van der Waals surface area contributed by atoms with Gasteiger partial charge in [0.1, 0.15) is 5.82 Å². The lowest BCUT2D eigenvalue weighted by molar-refractivity contribution is -0.121. The van der Waals surface area contributed by atoms with E-state index in [9.17, 15) is 14.0 Å². The van der Waals surface area contributed by atoms with Crippen LogP contribution in [0.25, 0.3) is 0 Å². The second-order valence-electron chi connectivity index (χ2n) is 7.01. The van der Waals surface area contributed by atoms with Crippen molar-refractivity contribution in [3.8, 4) is 0 Å². The smallest absolute Gasteiger partial charge is 0.254 e. The van der Waals surface area contributed by atoms with Gasteiger partial charge >= 0.3 is 0 Å². The predicted octanol–water partition coefficient (Wildman–Crippen LogP) is 2.55. The average Bonchev–Trinajstić information content (AvgIpc) is 2.97. The maximum absolute atomic E-state index is 13.5.